The Kier molecular flexibility index (Phi) is 18.1. The number of aryl methyl sites for hydroxylation is 3. The minimum Gasteiger partial charge on any atom is -0.444 e. The van der Waals surface area contributed by atoms with Crippen LogP contribution in [0.1, 0.15) is 58.2 Å². The average molecular weight is 1180 g/mol. The van der Waals surface area contributed by atoms with Crippen LogP contribution < -0.4 is 20.4 Å². The van der Waals surface area contributed by atoms with Crippen LogP contribution in [0, 0.1) is 38.2 Å². The topological polar surface area (TPSA) is 219 Å². The summed E-state index contributed by atoms with van der Waals surface area (Å²) in [4.78, 5) is 57.0. The number of rotatable bonds is 5. The summed E-state index contributed by atoms with van der Waals surface area (Å²) in [5, 5.41) is 21.5. The summed E-state index contributed by atoms with van der Waals surface area (Å²) in [6.07, 6.45) is 3.77. The second kappa shape index (κ2) is 24.5. The van der Waals surface area contributed by atoms with Crippen LogP contribution in [0.2, 0.25) is 5.28 Å². The van der Waals surface area contributed by atoms with Gasteiger partial charge in [-0.3, -0.25) is 0 Å². The smallest absolute Gasteiger partial charge is 0.410 e. The largest absolute Gasteiger partial charge is 0.444 e. The number of benzene rings is 3. The van der Waals surface area contributed by atoms with Gasteiger partial charge in [0.15, 0.2) is 16.9 Å². The van der Waals surface area contributed by atoms with Gasteiger partial charge >= 0.3 is 12.2 Å². The number of nitrogens with one attached hydrogen (secondary N) is 2. The molecule has 0 radical (unpaired) electrons. The Morgan fingerprint density at radius 3 is 1.35 bits per heavy atom. The maximum atomic E-state index is 14.0. The van der Waals surface area contributed by atoms with Crippen molar-refractivity contribution in [2.75, 3.05) is 75.6 Å². The molecule has 6 aromatic heterocycles. The standard InChI is InChI=1S/C19H23FN6O2.C14H15FN6.C10H6ClFN4.C9H18N2O2.CH2Cl2/c1-11-6-13-15(7-14(11)20)23-17(26-16(13)21-10-22-26)25-8-12(9-25)24(5)18(27)28-19(2,3)4;1-8-3-10-12(4-11(8)15)19-14(20-5-9(6-20)16-2)21-13(10)17-7-18-21;1-5-2-6-8(3-7(5)12)15-10(11)16-9(6)13-4-14-16;1-9(2,3)13-8(12)11(4)7-5-10-6-7;2-1-3/h6-7,10,12H,8-9H2,1-5H3;3-4,7,9,16H,5-6H2,1-2H3;2-4H,1H3;7,10H,5-6H2,1-4H3;1H2. The van der Waals surface area contributed by atoms with Crippen molar-refractivity contribution in [3.8, 4) is 0 Å². The number of carbonyl (C=O) groups excluding carboxylic acids is 2. The first-order chi connectivity index (χ1) is 38.3. The second-order valence-corrected chi connectivity index (χ2v) is 22.7. The van der Waals surface area contributed by atoms with Crippen LogP contribution in [-0.2, 0) is 9.47 Å². The quantitative estimate of drug-likeness (QED) is 0.122. The summed E-state index contributed by atoms with van der Waals surface area (Å²) in [7, 11) is 5.45. The minimum atomic E-state index is -0.538. The number of carbonyl (C=O) groups is 2. The van der Waals surface area contributed by atoms with E-state index in [0.717, 1.165) is 42.3 Å². The number of nitrogens with zero attached hydrogens (tertiary/aromatic N) is 16. The van der Waals surface area contributed by atoms with Gasteiger partial charge in [-0.25, -0.2) is 52.7 Å². The lowest BCUT2D eigenvalue weighted by molar-refractivity contribution is 0.0169. The molecule has 3 saturated heterocycles. The highest BCUT2D eigenvalue weighted by molar-refractivity contribution is 6.40. The lowest BCUT2D eigenvalue weighted by Crippen LogP contribution is -2.61. The Bertz CT molecular complexity index is 3740. The number of hydrogen-bond donors (Lipinski definition) is 2. The van der Waals surface area contributed by atoms with Gasteiger partial charge in [0, 0.05) is 93.8 Å². The first-order valence-electron chi connectivity index (χ1n) is 25.7. The first-order valence-corrected chi connectivity index (χ1v) is 27.2. The zero-order valence-corrected chi connectivity index (χ0v) is 49.2. The monoisotopic (exact) mass is 1180 g/mol. The zero-order chi connectivity index (χ0) is 58.8. The predicted molar refractivity (Wildman–Crippen MR) is 306 cm³/mol. The molecule has 3 fully saturated rings. The van der Waals surface area contributed by atoms with Gasteiger partial charge in [-0.05, 0) is 116 Å². The number of fused-ring (bicyclic) bond motifs is 9. The summed E-state index contributed by atoms with van der Waals surface area (Å²) in [5.74, 6) is 0.435. The minimum absolute atomic E-state index is 0.000622. The lowest BCUT2D eigenvalue weighted by Gasteiger charge is -2.44. The normalized spacial score (nSPS) is 14.7. The maximum Gasteiger partial charge on any atom is 0.410 e. The molecule has 0 bridgehead atoms. The van der Waals surface area contributed by atoms with Crippen molar-refractivity contribution in [1.82, 2.24) is 79.2 Å². The number of likely N-dealkylation sites (N-methyl/N-ethyl adjacent to an activating group) is 3. The Morgan fingerprint density at radius 1 is 0.617 bits per heavy atom. The molecule has 12 rings (SSSR count). The van der Waals surface area contributed by atoms with Gasteiger partial charge < -0.3 is 39.7 Å². The first kappa shape index (κ1) is 59.9. The van der Waals surface area contributed by atoms with E-state index in [1.54, 1.807) is 71.9 Å². The molecule has 0 spiro atoms. The molecular weight excluding hydrogens is 1120 g/mol. The fourth-order valence-electron chi connectivity index (χ4n) is 8.60. The van der Waals surface area contributed by atoms with E-state index in [2.05, 4.69) is 60.7 Å². The Hall–Kier alpha value is -7.19. The van der Waals surface area contributed by atoms with Crippen molar-refractivity contribution in [1.29, 1.82) is 0 Å². The van der Waals surface area contributed by atoms with E-state index in [1.165, 1.54) is 41.7 Å². The number of hydrogen-bond acceptors (Lipinski definition) is 17. The summed E-state index contributed by atoms with van der Waals surface area (Å²) < 4.78 is 56.7. The van der Waals surface area contributed by atoms with Crippen LogP contribution in [0.25, 0.3) is 49.7 Å². The molecule has 0 aliphatic carbocycles. The average Bonchev–Trinajstić information content (AvgIpc) is 4.25. The van der Waals surface area contributed by atoms with E-state index in [-0.39, 0.29) is 46.3 Å². The van der Waals surface area contributed by atoms with Crippen LogP contribution in [0.15, 0.2) is 55.4 Å². The highest BCUT2D eigenvalue weighted by Crippen LogP contribution is 2.30. The van der Waals surface area contributed by atoms with Crippen molar-refractivity contribution in [3.05, 3.63) is 94.8 Å². The van der Waals surface area contributed by atoms with E-state index >= 15 is 0 Å². The van der Waals surface area contributed by atoms with Crippen molar-refractivity contribution in [3.63, 3.8) is 0 Å². The van der Waals surface area contributed by atoms with Crippen LogP contribution >= 0.6 is 34.8 Å². The summed E-state index contributed by atoms with van der Waals surface area (Å²) in [6, 6.07) is 10.2. The molecule has 9 aromatic rings. The predicted octanol–water partition coefficient (Wildman–Crippen LogP) is 8.54. The molecule has 2 N–H and O–H groups in total. The molecule has 0 unspecified atom stereocenters. The van der Waals surface area contributed by atoms with Crippen molar-refractivity contribution in [2.45, 2.75) is 91.6 Å². The molecule has 22 nitrogen and oxygen atoms in total. The van der Waals surface area contributed by atoms with Crippen LogP contribution in [0.5, 0.6) is 0 Å². The molecule has 2 amide bonds. The fraction of sp³-hybridized carbons (Fsp3) is 0.453. The molecule has 3 aliphatic heterocycles. The molecule has 28 heteroatoms. The number of amides is 2. The second-order valence-electron chi connectivity index (χ2n) is 21.6. The number of ether oxygens (including phenoxy) is 2. The van der Waals surface area contributed by atoms with Gasteiger partial charge in [0.1, 0.15) is 47.6 Å². The number of anilines is 2. The van der Waals surface area contributed by atoms with Gasteiger partial charge in [0.25, 0.3) is 0 Å². The van der Waals surface area contributed by atoms with Crippen LogP contribution in [0.3, 0.4) is 0 Å². The van der Waals surface area contributed by atoms with Gasteiger partial charge in [-0.1, -0.05) is 0 Å². The Balaban J connectivity index is 0.000000145. The highest BCUT2D eigenvalue weighted by Gasteiger charge is 2.37. The van der Waals surface area contributed by atoms with E-state index in [0.29, 0.717) is 87.3 Å². The molecular formula is C53H64Cl3F3N18O4. The third-order valence-electron chi connectivity index (χ3n) is 13.3. The highest BCUT2D eigenvalue weighted by atomic mass is 35.5. The Morgan fingerprint density at radius 2 is 0.975 bits per heavy atom. The van der Waals surface area contributed by atoms with E-state index in [9.17, 15) is 22.8 Å². The van der Waals surface area contributed by atoms with E-state index < -0.39 is 11.2 Å². The molecule has 9 heterocycles. The molecule has 432 valence electrons. The summed E-state index contributed by atoms with van der Waals surface area (Å²) >= 11 is 15.4. The Labute approximate surface area is 479 Å². The van der Waals surface area contributed by atoms with E-state index in [1.807, 2.05) is 53.5 Å². The SMILES string of the molecule is CN(C(=O)OC(C)(C)C)C1CNC1.CNC1CN(c2nc3cc(F)c(C)cc3c3ncnn23)C1.Cc1cc2c(cc1F)nc(Cl)n1ncnc21.Cc1cc2c(cc1F)nc(N1CC(N(C)C(=O)OC(C)(C)C)C1)n1ncnc21.ClCCl. The molecule has 3 aromatic carbocycles. The van der Waals surface area contributed by atoms with Gasteiger partial charge in [0.05, 0.1) is 34.0 Å². The van der Waals surface area contributed by atoms with Crippen LogP contribution in [0.4, 0.5) is 34.7 Å². The zero-order valence-electron chi connectivity index (χ0n) is 46.9. The number of aromatic nitrogens is 12. The van der Waals surface area contributed by atoms with Crippen molar-refractivity contribution >= 4 is 109 Å². The van der Waals surface area contributed by atoms with Crippen LogP contribution in [-0.4, -0.2) is 176 Å². The van der Waals surface area contributed by atoms with Gasteiger partial charge in [-0.2, -0.15) is 28.8 Å². The summed E-state index contributed by atoms with van der Waals surface area (Å²) in [5.41, 5.74) is 4.28. The third kappa shape index (κ3) is 13.4. The molecule has 81 heavy (non-hydrogen) atoms. The molecule has 0 atom stereocenters. The molecule has 3 aliphatic rings. The maximum absolute atomic E-state index is 14.0. The van der Waals surface area contributed by atoms with Gasteiger partial charge in [-0.15, -0.1) is 23.2 Å². The number of halogens is 6. The summed E-state index contributed by atoms with van der Waals surface area (Å²) in [6.45, 7) is 20.9. The van der Waals surface area contributed by atoms with Gasteiger partial charge in [0.2, 0.25) is 17.2 Å². The van der Waals surface area contributed by atoms with Crippen molar-refractivity contribution in [2.24, 2.45) is 0 Å². The van der Waals surface area contributed by atoms with Crippen molar-refractivity contribution < 1.29 is 32.2 Å². The number of alkyl halides is 2. The lowest BCUT2D eigenvalue weighted by atomic mass is 10.1. The third-order valence-corrected chi connectivity index (χ3v) is 13.6. The molecule has 0 saturated carbocycles. The van der Waals surface area contributed by atoms with E-state index in [4.69, 9.17) is 44.3 Å². The fourth-order valence-corrected chi connectivity index (χ4v) is 8.81.